The number of carbonyl (C=O) groups is 1. The van der Waals surface area contributed by atoms with Crippen LogP contribution in [0, 0.1) is 11.7 Å². The molecule has 1 aliphatic rings. The molecule has 2 unspecified atom stereocenters. The van der Waals surface area contributed by atoms with Gasteiger partial charge >= 0.3 is 0 Å². The Morgan fingerprint density at radius 3 is 2.75 bits per heavy atom. The van der Waals surface area contributed by atoms with Crippen LogP contribution in [0.15, 0.2) is 24.3 Å². The van der Waals surface area contributed by atoms with Gasteiger partial charge < -0.3 is 10.6 Å². The molecule has 1 aromatic rings. The molecule has 4 heteroatoms. The van der Waals surface area contributed by atoms with Gasteiger partial charge in [0.2, 0.25) is 5.91 Å². The summed E-state index contributed by atoms with van der Waals surface area (Å²) in [6, 6.07) is 6.08. The molecule has 1 fully saturated rings. The molecule has 0 aliphatic carbocycles. The molecule has 20 heavy (non-hydrogen) atoms. The minimum absolute atomic E-state index is 0.0832. The van der Waals surface area contributed by atoms with Crippen molar-refractivity contribution in [2.45, 2.75) is 45.2 Å². The lowest BCUT2D eigenvalue weighted by molar-refractivity contribution is -0.133. The summed E-state index contributed by atoms with van der Waals surface area (Å²) in [6.45, 7) is 4.73. The lowest BCUT2D eigenvalue weighted by Crippen LogP contribution is -2.44. The lowest BCUT2D eigenvalue weighted by atomic mass is 9.95. The van der Waals surface area contributed by atoms with Gasteiger partial charge in [0.05, 0.1) is 6.04 Å². The first kappa shape index (κ1) is 15.0. The SMILES string of the molecule is CC(C)CN1C(=O)CCCC(N)C1c1ccccc1F. The van der Waals surface area contributed by atoms with E-state index in [1.807, 2.05) is 0 Å². The van der Waals surface area contributed by atoms with Gasteiger partial charge in [0, 0.05) is 24.6 Å². The van der Waals surface area contributed by atoms with E-state index in [9.17, 15) is 9.18 Å². The topological polar surface area (TPSA) is 46.3 Å². The number of nitrogens with two attached hydrogens (primary N) is 1. The summed E-state index contributed by atoms with van der Waals surface area (Å²) in [5, 5.41) is 0. The third kappa shape index (κ3) is 3.18. The van der Waals surface area contributed by atoms with Crippen molar-refractivity contribution in [2.75, 3.05) is 6.54 Å². The van der Waals surface area contributed by atoms with Crippen LogP contribution in [0.3, 0.4) is 0 Å². The van der Waals surface area contributed by atoms with Crippen molar-refractivity contribution in [3.05, 3.63) is 35.6 Å². The summed E-state index contributed by atoms with van der Waals surface area (Å²) >= 11 is 0. The number of carbonyl (C=O) groups excluding carboxylic acids is 1. The van der Waals surface area contributed by atoms with E-state index >= 15 is 0 Å². The maximum atomic E-state index is 14.1. The van der Waals surface area contributed by atoms with Crippen LogP contribution in [0.5, 0.6) is 0 Å². The highest BCUT2D eigenvalue weighted by molar-refractivity contribution is 5.77. The predicted molar refractivity (Wildman–Crippen MR) is 77.5 cm³/mol. The van der Waals surface area contributed by atoms with Gasteiger partial charge in [0.25, 0.3) is 0 Å². The Labute approximate surface area is 120 Å². The summed E-state index contributed by atoms with van der Waals surface area (Å²) in [4.78, 5) is 14.1. The number of hydrogen-bond donors (Lipinski definition) is 1. The fraction of sp³-hybridized carbons (Fsp3) is 0.562. The molecule has 110 valence electrons. The molecule has 1 saturated heterocycles. The largest absolute Gasteiger partial charge is 0.334 e. The number of rotatable bonds is 3. The molecule has 2 N–H and O–H groups in total. The van der Waals surface area contributed by atoms with Gasteiger partial charge in [-0.15, -0.1) is 0 Å². The van der Waals surface area contributed by atoms with Crippen LogP contribution < -0.4 is 5.73 Å². The molecule has 2 rings (SSSR count). The molecule has 0 bridgehead atoms. The highest BCUT2D eigenvalue weighted by atomic mass is 19.1. The van der Waals surface area contributed by atoms with Gasteiger partial charge in [0.1, 0.15) is 5.82 Å². The van der Waals surface area contributed by atoms with Crippen LogP contribution in [0.1, 0.15) is 44.7 Å². The molecule has 0 radical (unpaired) electrons. The zero-order chi connectivity index (χ0) is 14.7. The second-order valence-corrected chi connectivity index (χ2v) is 5.96. The average molecular weight is 278 g/mol. The normalized spacial score (nSPS) is 24.1. The predicted octanol–water partition coefficient (Wildman–Crippen LogP) is 2.86. The van der Waals surface area contributed by atoms with Crippen molar-refractivity contribution >= 4 is 5.91 Å². The van der Waals surface area contributed by atoms with Crippen LogP contribution in [0.2, 0.25) is 0 Å². The van der Waals surface area contributed by atoms with Gasteiger partial charge in [-0.1, -0.05) is 32.0 Å². The Morgan fingerprint density at radius 1 is 1.40 bits per heavy atom. The molecular weight excluding hydrogens is 255 g/mol. The van der Waals surface area contributed by atoms with Crippen LogP contribution in [-0.4, -0.2) is 23.4 Å². The number of hydrogen-bond acceptors (Lipinski definition) is 2. The minimum atomic E-state index is -0.353. The third-order valence-electron chi connectivity index (χ3n) is 3.78. The number of benzene rings is 1. The van der Waals surface area contributed by atoms with E-state index in [-0.39, 0.29) is 23.8 Å². The Bertz CT molecular complexity index is 475. The zero-order valence-corrected chi connectivity index (χ0v) is 12.2. The van der Waals surface area contributed by atoms with E-state index in [1.165, 1.54) is 6.07 Å². The average Bonchev–Trinajstić information content (AvgIpc) is 2.51. The summed E-state index contributed by atoms with van der Waals surface area (Å²) in [5.41, 5.74) is 6.79. The fourth-order valence-electron chi connectivity index (χ4n) is 2.90. The van der Waals surface area contributed by atoms with Crippen LogP contribution >= 0.6 is 0 Å². The van der Waals surface area contributed by atoms with E-state index in [4.69, 9.17) is 5.73 Å². The third-order valence-corrected chi connectivity index (χ3v) is 3.78. The van der Waals surface area contributed by atoms with E-state index < -0.39 is 0 Å². The van der Waals surface area contributed by atoms with Crippen molar-refractivity contribution in [3.8, 4) is 0 Å². The van der Waals surface area contributed by atoms with Gasteiger partial charge in [-0.3, -0.25) is 4.79 Å². The Hall–Kier alpha value is -1.42. The summed E-state index contributed by atoms with van der Waals surface area (Å²) in [6.07, 6.45) is 2.03. The maximum absolute atomic E-state index is 14.1. The molecule has 1 heterocycles. The molecule has 0 spiro atoms. The fourth-order valence-corrected chi connectivity index (χ4v) is 2.90. The van der Waals surface area contributed by atoms with Gasteiger partial charge in [-0.2, -0.15) is 0 Å². The monoisotopic (exact) mass is 278 g/mol. The Balaban J connectivity index is 2.41. The van der Waals surface area contributed by atoms with Crippen LogP contribution in [0.25, 0.3) is 0 Å². The first-order valence-corrected chi connectivity index (χ1v) is 7.30. The molecule has 3 nitrogen and oxygen atoms in total. The summed E-state index contributed by atoms with van der Waals surface area (Å²) < 4.78 is 14.1. The van der Waals surface area contributed by atoms with E-state index in [1.54, 1.807) is 23.1 Å². The highest BCUT2D eigenvalue weighted by Crippen LogP contribution is 2.32. The van der Waals surface area contributed by atoms with Gasteiger partial charge in [-0.05, 0) is 24.8 Å². The number of nitrogens with zero attached hydrogens (tertiary/aromatic N) is 1. The van der Waals surface area contributed by atoms with E-state index in [0.717, 1.165) is 12.8 Å². The highest BCUT2D eigenvalue weighted by Gasteiger charge is 2.34. The molecule has 1 aromatic carbocycles. The number of halogens is 1. The minimum Gasteiger partial charge on any atom is -0.334 e. The second kappa shape index (κ2) is 6.35. The van der Waals surface area contributed by atoms with Crippen molar-refractivity contribution in [2.24, 2.45) is 11.7 Å². The standard InChI is InChI=1S/C16H23FN2O/c1-11(2)10-19-15(20)9-5-8-14(18)16(19)12-6-3-4-7-13(12)17/h3-4,6-7,11,14,16H,5,8-10,18H2,1-2H3. The van der Waals surface area contributed by atoms with Crippen molar-refractivity contribution in [1.82, 2.24) is 4.90 Å². The van der Waals surface area contributed by atoms with E-state index in [2.05, 4.69) is 13.8 Å². The molecule has 0 aromatic heterocycles. The molecule has 2 atom stereocenters. The van der Waals surface area contributed by atoms with Crippen LogP contribution in [-0.2, 0) is 4.79 Å². The first-order valence-electron chi connectivity index (χ1n) is 7.30. The quantitative estimate of drug-likeness (QED) is 0.924. The van der Waals surface area contributed by atoms with Crippen molar-refractivity contribution in [3.63, 3.8) is 0 Å². The zero-order valence-electron chi connectivity index (χ0n) is 12.2. The maximum Gasteiger partial charge on any atom is 0.223 e. The molecular formula is C16H23FN2O. The summed E-state index contributed by atoms with van der Waals surface area (Å²) in [7, 11) is 0. The number of amides is 1. The molecule has 0 saturated carbocycles. The van der Waals surface area contributed by atoms with E-state index in [0.29, 0.717) is 24.4 Å². The van der Waals surface area contributed by atoms with Crippen molar-refractivity contribution in [1.29, 1.82) is 0 Å². The second-order valence-electron chi connectivity index (χ2n) is 5.96. The Kier molecular flexibility index (Phi) is 4.76. The smallest absolute Gasteiger partial charge is 0.223 e. The number of likely N-dealkylation sites (tertiary alicyclic amines) is 1. The summed E-state index contributed by atoms with van der Waals surface area (Å²) in [5.74, 6) is 0.134. The van der Waals surface area contributed by atoms with Crippen molar-refractivity contribution < 1.29 is 9.18 Å². The first-order chi connectivity index (χ1) is 9.50. The Morgan fingerprint density at radius 2 is 2.10 bits per heavy atom. The van der Waals surface area contributed by atoms with Crippen LogP contribution in [0.4, 0.5) is 4.39 Å². The molecule has 1 amide bonds. The molecule has 1 aliphatic heterocycles. The van der Waals surface area contributed by atoms with Gasteiger partial charge in [0.15, 0.2) is 0 Å². The lowest BCUT2D eigenvalue weighted by Gasteiger charge is -2.35. The van der Waals surface area contributed by atoms with Gasteiger partial charge in [-0.25, -0.2) is 4.39 Å².